The van der Waals surface area contributed by atoms with Crippen LogP contribution in [-0.4, -0.2) is 5.78 Å². The van der Waals surface area contributed by atoms with Gasteiger partial charge in [0.2, 0.25) is 0 Å². The van der Waals surface area contributed by atoms with Gasteiger partial charge in [-0.05, 0) is 36.5 Å². The third kappa shape index (κ3) is 1.26. The van der Waals surface area contributed by atoms with E-state index in [2.05, 4.69) is 26.8 Å². The second-order valence-electron chi connectivity index (χ2n) is 7.36. The van der Waals surface area contributed by atoms with Crippen molar-refractivity contribution in [3.05, 3.63) is 11.6 Å². The Morgan fingerprint density at radius 2 is 1.88 bits per heavy atom. The molecule has 16 heavy (non-hydrogen) atoms. The van der Waals surface area contributed by atoms with Crippen LogP contribution in [0.2, 0.25) is 0 Å². The molecule has 0 radical (unpaired) electrons. The Labute approximate surface area is 98.3 Å². The van der Waals surface area contributed by atoms with Gasteiger partial charge in [0.25, 0.3) is 0 Å². The van der Waals surface area contributed by atoms with Gasteiger partial charge in [0.15, 0.2) is 0 Å². The van der Waals surface area contributed by atoms with Crippen molar-refractivity contribution in [2.45, 2.75) is 59.3 Å². The Morgan fingerprint density at radius 1 is 1.12 bits per heavy atom. The fraction of sp³-hybridized carbons (Fsp3) is 0.800. The topological polar surface area (TPSA) is 17.1 Å². The van der Waals surface area contributed by atoms with Crippen LogP contribution in [0, 0.1) is 16.2 Å². The predicted molar refractivity (Wildman–Crippen MR) is 65.1 cm³/mol. The highest BCUT2D eigenvalue weighted by atomic mass is 16.1. The lowest BCUT2D eigenvalue weighted by atomic mass is 9.61. The van der Waals surface area contributed by atoms with Crippen LogP contribution in [0.3, 0.4) is 0 Å². The molecule has 3 rings (SSSR count). The molecule has 0 aromatic heterocycles. The first-order valence-electron chi connectivity index (χ1n) is 6.61. The highest BCUT2D eigenvalue weighted by molar-refractivity contribution is 5.91. The van der Waals surface area contributed by atoms with Crippen molar-refractivity contribution in [1.82, 2.24) is 0 Å². The second-order valence-corrected chi connectivity index (χ2v) is 7.36. The summed E-state index contributed by atoms with van der Waals surface area (Å²) in [4.78, 5) is 12.5. The van der Waals surface area contributed by atoms with Crippen molar-refractivity contribution in [1.29, 1.82) is 0 Å². The first-order valence-corrected chi connectivity index (χ1v) is 6.61. The zero-order valence-corrected chi connectivity index (χ0v) is 10.7. The molecule has 2 bridgehead atoms. The average Bonchev–Trinajstić information content (AvgIpc) is 2.31. The second kappa shape index (κ2) is 2.80. The van der Waals surface area contributed by atoms with Crippen LogP contribution in [0.5, 0.6) is 0 Å². The summed E-state index contributed by atoms with van der Waals surface area (Å²) in [5.41, 5.74) is 2.02. The summed E-state index contributed by atoms with van der Waals surface area (Å²) in [5.74, 6) is 0.540. The van der Waals surface area contributed by atoms with Crippen LogP contribution in [-0.2, 0) is 4.79 Å². The van der Waals surface area contributed by atoms with E-state index in [1.807, 2.05) is 0 Å². The molecular formula is C15H22O. The zero-order valence-electron chi connectivity index (χ0n) is 10.7. The van der Waals surface area contributed by atoms with Crippen molar-refractivity contribution in [2.24, 2.45) is 16.2 Å². The zero-order chi connectivity index (χ0) is 11.6. The molecule has 2 fully saturated rings. The molecule has 88 valence electrons. The van der Waals surface area contributed by atoms with Gasteiger partial charge in [-0.15, -0.1) is 0 Å². The van der Waals surface area contributed by atoms with Crippen molar-refractivity contribution in [2.75, 3.05) is 0 Å². The van der Waals surface area contributed by atoms with E-state index >= 15 is 0 Å². The van der Waals surface area contributed by atoms with Crippen LogP contribution in [0.25, 0.3) is 0 Å². The summed E-state index contributed by atoms with van der Waals surface area (Å²) in [6.07, 6.45) is 9.21. The summed E-state index contributed by atoms with van der Waals surface area (Å²) >= 11 is 0. The molecule has 0 aromatic carbocycles. The molecule has 1 nitrogen and oxygen atoms in total. The van der Waals surface area contributed by atoms with Gasteiger partial charge in [0, 0.05) is 6.42 Å². The maximum atomic E-state index is 12.5. The molecule has 1 spiro atoms. The smallest absolute Gasteiger partial charge is 0.143 e. The lowest BCUT2D eigenvalue weighted by Gasteiger charge is -2.41. The normalized spacial score (nSPS) is 45.2. The lowest BCUT2D eigenvalue weighted by molar-refractivity contribution is -0.130. The van der Waals surface area contributed by atoms with E-state index in [1.54, 1.807) is 0 Å². The van der Waals surface area contributed by atoms with Gasteiger partial charge >= 0.3 is 0 Å². The van der Waals surface area contributed by atoms with Gasteiger partial charge in [-0.2, -0.15) is 0 Å². The number of ketones is 1. The molecule has 0 heterocycles. The molecule has 2 atom stereocenters. The van der Waals surface area contributed by atoms with E-state index in [0.29, 0.717) is 11.2 Å². The van der Waals surface area contributed by atoms with E-state index in [4.69, 9.17) is 0 Å². The largest absolute Gasteiger partial charge is 0.299 e. The van der Waals surface area contributed by atoms with Gasteiger partial charge in [0.1, 0.15) is 5.78 Å². The highest BCUT2D eigenvalue weighted by Crippen LogP contribution is 2.64. The molecule has 0 aromatic rings. The molecule has 3 aliphatic rings. The molecule has 3 aliphatic carbocycles. The first kappa shape index (κ1) is 10.6. The Balaban J connectivity index is 2.12. The summed E-state index contributed by atoms with van der Waals surface area (Å²) < 4.78 is 0. The summed E-state index contributed by atoms with van der Waals surface area (Å²) in [5, 5.41) is 0. The van der Waals surface area contributed by atoms with E-state index in [0.717, 1.165) is 19.3 Å². The third-order valence-electron chi connectivity index (χ3n) is 5.06. The third-order valence-corrected chi connectivity index (χ3v) is 5.06. The quantitative estimate of drug-likeness (QED) is 0.564. The van der Waals surface area contributed by atoms with Gasteiger partial charge in [-0.25, -0.2) is 0 Å². The standard InChI is InChI=1S/C15H22O/c1-13(2)7-11-8-14(3)5-4-6-15(11,10-14)12(16)9-13/h7H,4-6,8-10H2,1-3H3/t14-,15+/m1/s1. The van der Waals surface area contributed by atoms with Crippen molar-refractivity contribution in [3.63, 3.8) is 0 Å². The summed E-state index contributed by atoms with van der Waals surface area (Å²) in [6, 6.07) is 0. The average molecular weight is 218 g/mol. The highest BCUT2D eigenvalue weighted by Gasteiger charge is 2.57. The first-order chi connectivity index (χ1) is 7.35. The van der Waals surface area contributed by atoms with Crippen molar-refractivity contribution >= 4 is 5.78 Å². The summed E-state index contributed by atoms with van der Waals surface area (Å²) in [7, 11) is 0. The fourth-order valence-electron chi connectivity index (χ4n) is 4.49. The fourth-order valence-corrected chi connectivity index (χ4v) is 4.49. The monoisotopic (exact) mass is 218 g/mol. The summed E-state index contributed by atoms with van der Waals surface area (Å²) in [6.45, 7) is 6.79. The number of Topliss-reactive ketones (excluding diaryl/α,β-unsaturated/α-hetero) is 1. The maximum Gasteiger partial charge on any atom is 0.143 e. The molecule has 0 N–H and O–H groups in total. The van der Waals surface area contributed by atoms with Gasteiger partial charge in [-0.3, -0.25) is 4.79 Å². The Hall–Kier alpha value is -0.590. The van der Waals surface area contributed by atoms with Crippen LogP contribution >= 0.6 is 0 Å². The Bertz CT molecular complexity index is 390. The lowest BCUT2D eigenvalue weighted by Crippen LogP contribution is -2.39. The number of hydrogen-bond acceptors (Lipinski definition) is 1. The van der Waals surface area contributed by atoms with Crippen LogP contribution in [0.1, 0.15) is 59.3 Å². The van der Waals surface area contributed by atoms with Gasteiger partial charge in [-0.1, -0.05) is 38.8 Å². The SMILES string of the molecule is CC1(C)C=C2C[C@@]3(C)CCC[C@@]2(C3)C(=O)C1. The van der Waals surface area contributed by atoms with Gasteiger partial charge in [0.05, 0.1) is 5.41 Å². The molecule has 1 heteroatoms. The molecular weight excluding hydrogens is 196 g/mol. The number of fused-ring (bicyclic) bond motifs is 1. The van der Waals surface area contributed by atoms with E-state index in [9.17, 15) is 4.79 Å². The number of hydrogen-bond donors (Lipinski definition) is 0. The molecule has 0 unspecified atom stereocenters. The maximum absolute atomic E-state index is 12.5. The number of rotatable bonds is 0. The molecule has 2 saturated carbocycles. The van der Waals surface area contributed by atoms with Gasteiger partial charge < -0.3 is 0 Å². The minimum absolute atomic E-state index is 0.0114. The Kier molecular flexibility index (Phi) is 1.85. The minimum Gasteiger partial charge on any atom is -0.299 e. The van der Waals surface area contributed by atoms with Crippen LogP contribution in [0.4, 0.5) is 0 Å². The predicted octanol–water partition coefficient (Wildman–Crippen LogP) is 3.88. The number of allylic oxidation sites excluding steroid dienone is 2. The van der Waals surface area contributed by atoms with Crippen molar-refractivity contribution < 1.29 is 4.79 Å². The molecule has 0 saturated heterocycles. The Morgan fingerprint density at radius 3 is 2.62 bits per heavy atom. The van der Waals surface area contributed by atoms with E-state index in [-0.39, 0.29) is 10.8 Å². The number of carbonyl (C=O) groups is 1. The van der Waals surface area contributed by atoms with E-state index < -0.39 is 0 Å². The van der Waals surface area contributed by atoms with Crippen LogP contribution < -0.4 is 0 Å². The number of carbonyl (C=O) groups excluding carboxylic acids is 1. The van der Waals surface area contributed by atoms with Crippen molar-refractivity contribution in [3.8, 4) is 0 Å². The van der Waals surface area contributed by atoms with Crippen LogP contribution in [0.15, 0.2) is 11.6 Å². The van der Waals surface area contributed by atoms with E-state index in [1.165, 1.54) is 24.8 Å². The molecule has 0 amide bonds. The minimum atomic E-state index is -0.0114. The molecule has 0 aliphatic heterocycles.